The van der Waals surface area contributed by atoms with Gasteiger partial charge in [0.1, 0.15) is 6.42 Å². The Bertz CT molecular complexity index is 528. The SMILES string of the molecule is COC(=O)CC(=O)C=Cc1ccccc1C=S=O. The molecule has 1 aromatic carbocycles. The first-order chi connectivity index (χ1) is 8.67. The van der Waals surface area contributed by atoms with Crippen LogP contribution in [0.5, 0.6) is 0 Å². The molecule has 0 heterocycles. The Kier molecular flexibility index (Phi) is 5.73. The van der Waals surface area contributed by atoms with Crippen molar-refractivity contribution in [2.75, 3.05) is 7.11 Å². The van der Waals surface area contributed by atoms with E-state index in [2.05, 4.69) is 4.74 Å². The molecule has 0 amide bonds. The number of ether oxygens (including phenoxy) is 1. The topological polar surface area (TPSA) is 60.4 Å². The number of hydrogen-bond acceptors (Lipinski definition) is 4. The van der Waals surface area contributed by atoms with Gasteiger partial charge in [-0.05, 0) is 17.2 Å². The fraction of sp³-hybridized carbons (Fsp3) is 0.154. The van der Waals surface area contributed by atoms with Crippen molar-refractivity contribution in [2.45, 2.75) is 6.42 Å². The lowest BCUT2D eigenvalue weighted by Gasteiger charge is -1.98. The first-order valence-electron chi connectivity index (χ1n) is 5.16. The smallest absolute Gasteiger partial charge is 0.313 e. The molecule has 0 atom stereocenters. The van der Waals surface area contributed by atoms with Crippen molar-refractivity contribution in [3.05, 3.63) is 41.5 Å². The number of allylic oxidation sites excluding steroid dienone is 1. The number of benzene rings is 1. The summed E-state index contributed by atoms with van der Waals surface area (Å²) in [6.45, 7) is 0. The first-order valence-corrected chi connectivity index (χ1v) is 5.96. The van der Waals surface area contributed by atoms with Crippen molar-refractivity contribution in [3.63, 3.8) is 0 Å². The van der Waals surface area contributed by atoms with Crippen molar-refractivity contribution < 1.29 is 18.5 Å². The first kappa shape index (κ1) is 14.1. The average Bonchev–Trinajstić information content (AvgIpc) is 2.38. The van der Waals surface area contributed by atoms with E-state index in [4.69, 9.17) is 0 Å². The fourth-order valence-electron chi connectivity index (χ4n) is 1.28. The normalized spacial score (nSPS) is 10.1. The van der Waals surface area contributed by atoms with Gasteiger partial charge in [0.15, 0.2) is 5.78 Å². The zero-order chi connectivity index (χ0) is 13.4. The summed E-state index contributed by atoms with van der Waals surface area (Å²) in [5.74, 6) is -0.911. The minimum atomic E-state index is -0.570. The molecule has 1 rings (SSSR count). The Hall–Kier alpha value is -2.01. The molecule has 0 spiro atoms. The number of carbonyl (C=O) groups is 2. The number of carbonyl (C=O) groups excluding carboxylic acids is 2. The third-order valence-corrected chi connectivity index (χ3v) is 2.52. The van der Waals surface area contributed by atoms with Crippen molar-refractivity contribution in [2.24, 2.45) is 0 Å². The van der Waals surface area contributed by atoms with Crippen LogP contribution < -0.4 is 0 Å². The van der Waals surface area contributed by atoms with Crippen LogP contribution in [-0.2, 0) is 25.6 Å². The molecule has 0 unspecified atom stereocenters. The third kappa shape index (κ3) is 4.47. The minimum Gasteiger partial charge on any atom is -0.469 e. The van der Waals surface area contributed by atoms with E-state index in [1.54, 1.807) is 30.3 Å². The van der Waals surface area contributed by atoms with Gasteiger partial charge in [0.2, 0.25) is 0 Å². The lowest BCUT2D eigenvalue weighted by atomic mass is 10.1. The largest absolute Gasteiger partial charge is 0.469 e. The molecule has 0 radical (unpaired) electrons. The van der Waals surface area contributed by atoms with Gasteiger partial charge < -0.3 is 4.74 Å². The summed E-state index contributed by atoms with van der Waals surface area (Å²) in [6, 6.07) is 7.16. The maximum Gasteiger partial charge on any atom is 0.313 e. The molecule has 0 aliphatic rings. The zero-order valence-corrected chi connectivity index (χ0v) is 10.6. The highest BCUT2D eigenvalue weighted by molar-refractivity contribution is 7.65. The molecule has 18 heavy (non-hydrogen) atoms. The Balaban J connectivity index is 2.81. The number of ketones is 1. The van der Waals surface area contributed by atoms with E-state index >= 15 is 0 Å². The lowest BCUT2D eigenvalue weighted by Crippen LogP contribution is -2.06. The average molecular weight is 264 g/mol. The molecule has 1 aromatic rings. The Morgan fingerprint density at radius 1 is 1.28 bits per heavy atom. The van der Waals surface area contributed by atoms with E-state index < -0.39 is 5.97 Å². The van der Waals surface area contributed by atoms with Gasteiger partial charge in [-0.3, -0.25) is 9.59 Å². The zero-order valence-electron chi connectivity index (χ0n) is 9.79. The Morgan fingerprint density at radius 3 is 2.56 bits per heavy atom. The fourth-order valence-corrected chi connectivity index (χ4v) is 1.60. The van der Waals surface area contributed by atoms with Gasteiger partial charge in [0.25, 0.3) is 0 Å². The molecule has 0 aromatic heterocycles. The second-order valence-corrected chi connectivity index (χ2v) is 3.82. The molecule has 94 valence electrons. The number of hydrogen-bond donors (Lipinski definition) is 0. The Morgan fingerprint density at radius 2 is 1.94 bits per heavy atom. The molecule has 5 heteroatoms. The molecular weight excluding hydrogens is 252 g/mol. The summed E-state index contributed by atoms with van der Waals surface area (Å²) in [5, 5.41) is 1.45. The van der Waals surface area contributed by atoms with Gasteiger partial charge >= 0.3 is 5.97 Å². The van der Waals surface area contributed by atoms with Gasteiger partial charge in [-0.1, -0.05) is 30.3 Å². The standard InChI is InChI=1S/C13H12O4S/c1-17-13(15)8-12(14)7-6-10-4-2-3-5-11(10)9-18-16/h2-7,9H,8H2,1H3. The van der Waals surface area contributed by atoms with Crippen LogP contribution in [0.4, 0.5) is 0 Å². The van der Waals surface area contributed by atoms with E-state index in [0.29, 0.717) is 11.3 Å². The quantitative estimate of drug-likeness (QED) is 0.347. The van der Waals surface area contributed by atoms with Gasteiger partial charge in [-0.25, -0.2) is 4.21 Å². The van der Waals surface area contributed by atoms with E-state index in [0.717, 1.165) is 11.1 Å². The van der Waals surface area contributed by atoms with E-state index in [-0.39, 0.29) is 12.2 Å². The molecule has 0 fully saturated rings. The predicted octanol–water partition coefficient (Wildman–Crippen LogP) is 1.20. The van der Waals surface area contributed by atoms with Crippen LogP contribution >= 0.6 is 0 Å². The molecule has 0 aliphatic carbocycles. The molecule has 0 aliphatic heterocycles. The van der Waals surface area contributed by atoms with Crippen LogP contribution in [0.1, 0.15) is 17.5 Å². The second kappa shape index (κ2) is 7.34. The summed E-state index contributed by atoms with van der Waals surface area (Å²) in [7, 11) is 1.23. The van der Waals surface area contributed by atoms with E-state index in [1.165, 1.54) is 18.6 Å². The molecule has 0 saturated carbocycles. The van der Waals surface area contributed by atoms with E-state index in [9.17, 15) is 13.8 Å². The number of esters is 1. The molecule has 0 bridgehead atoms. The van der Waals surface area contributed by atoms with Crippen LogP contribution in [0.25, 0.3) is 6.08 Å². The van der Waals surface area contributed by atoms with Gasteiger partial charge in [0, 0.05) is 5.37 Å². The third-order valence-electron chi connectivity index (χ3n) is 2.17. The molecular formula is C13H12O4S. The van der Waals surface area contributed by atoms with Gasteiger partial charge in [-0.2, -0.15) is 0 Å². The van der Waals surface area contributed by atoms with Crippen LogP contribution in [0.15, 0.2) is 30.3 Å². The van der Waals surface area contributed by atoms with Crippen molar-refractivity contribution in [1.82, 2.24) is 0 Å². The minimum absolute atomic E-state index is 0.283. The highest BCUT2D eigenvalue weighted by atomic mass is 32.1. The number of rotatable bonds is 5. The highest BCUT2D eigenvalue weighted by Gasteiger charge is 2.05. The summed E-state index contributed by atoms with van der Waals surface area (Å²) in [5.41, 5.74) is 1.48. The van der Waals surface area contributed by atoms with Crippen molar-refractivity contribution in [1.29, 1.82) is 0 Å². The maximum absolute atomic E-state index is 11.4. The van der Waals surface area contributed by atoms with Crippen molar-refractivity contribution >= 4 is 34.5 Å². The summed E-state index contributed by atoms with van der Waals surface area (Å²) >= 11 is 0.349. The van der Waals surface area contributed by atoms with E-state index in [1.807, 2.05) is 0 Å². The van der Waals surface area contributed by atoms with Gasteiger partial charge in [-0.15, -0.1) is 0 Å². The molecule has 0 saturated heterocycles. The van der Waals surface area contributed by atoms with Crippen molar-refractivity contribution in [3.8, 4) is 0 Å². The van der Waals surface area contributed by atoms with Crippen LogP contribution in [0, 0.1) is 0 Å². The second-order valence-electron chi connectivity index (χ2n) is 3.40. The molecule has 0 N–H and O–H groups in total. The Labute approximate surface area is 108 Å². The predicted molar refractivity (Wildman–Crippen MR) is 70.4 cm³/mol. The van der Waals surface area contributed by atoms with Crippen LogP contribution in [-0.4, -0.2) is 28.4 Å². The summed E-state index contributed by atoms with van der Waals surface area (Å²) in [4.78, 5) is 22.3. The highest BCUT2D eigenvalue weighted by Crippen LogP contribution is 2.08. The van der Waals surface area contributed by atoms with Crippen LogP contribution in [0.2, 0.25) is 0 Å². The molecule has 4 nitrogen and oxygen atoms in total. The monoisotopic (exact) mass is 264 g/mol. The maximum atomic E-state index is 11.4. The van der Waals surface area contributed by atoms with Crippen LogP contribution in [0.3, 0.4) is 0 Å². The van der Waals surface area contributed by atoms with Gasteiger partial charge in [0.05, 0.1) is 18.4 Å². The number of methoxy groups -OCH3 is 1. The summed E-state index contributed by atoms with van der Waals surface area (Å²) < 4.78 is 14.9. The lowest BCUT2D eigenvalue weighted by molar-refractivity contribution is -0.142. The summed E-state index contributed by atoms with van der Waals surface area (Å²) in [6.07, 6.45) is 2.60.